The maximum atomic E-state index is 12.9. The number of nitrogens with zero attached hydrogens (tertiary/aromatic N) is 4. The minimum atomic E-state index is 0.277. The first-order valence-corrected chi connectivity index (χ1v) is 12.5. The molecule has 28 heavy (non-hydrogen) atoms. The Morgan fingerprint density at radius 1 is 1.14 bits per heavy atom. The van der Waals surface area contributed by atoms with Gasteiger partial charge in [-0.3, -0.25) is 4.79 Å². The Balaban J connectivity index is 1.22. The molecule has 0 aromatic carbocycles. The highest BCUT2D eigenvalue weighted by Crippen LogP contribution is 2.40. The second-order valence-electron chi connectivity index (χ2n) is 8.48. The van der Waals surface area contributed by atoms with Crippen LogP contribution in [0.4, 0.5) is 0 Å². The number of piperidine rings is 1. The number of carbonyl (C=O) groups excluding carboxylic acids is 1. The van der Waals surface area contributed by atoms with Gasteiger partial charge in [-0.25, -0.2) is 0 Å². The molecular weight excluding hydrogens is 388 g/mol. The van der Waals surface area contributed by atoms with Crippen LogP contribution in [-0.2, 0) is 11.2 Å². The van der Waals surface area contributed by atoms with Gasteiger partial charge in [-0.2, -0.15) is 0 Å². The van der Waals surface area contributed by atoms with Crippen LogP contribution in [0.5, 0.6) is 0 Å². The molecule has 5 nitrogen and oxygen atoms in total. The third kappa shape index (κ3) is 4.01. The third-order valence-electron chi connectivity index (χ3n) is 6.53. The minimum absolute atomic E-state index is 0.277. The van der Waals surface area contributed by atoms with Gasteiger partial charge >= 0.3 is 0 Å². The number of hydrogen-bond donors (Lipinski definition) is 0. The lowest BCUT2D eigenvalue weighted by atomic mass is 9.75. The van der Waals surface area contributed by atoms with Crippen LogP contribution in [0, 0.1) is 11.8 Å². The van der Waals surface area contributed by atoms with E-state index in [-0.39, 0.29) is 5.91 Å². The molecule has 1 aliphatic heterocycles. The van der Waals surface area contributed by atoms with Crippen molar-refractivity contribution in [1.82, 2.24) is 19.7 Å². The fraction of sp³-hybridized carbons (Fsp3) is 0.667. The van der Waals surface area contributed by atoms with Gasteiger partial charge in [0.05, 0.1) is 5.75 Å². The summed E-state index contributed by atoms with van der Waals surface area (Å²) < 4.78 is 2.30. The maximum absolute atomic E-state index is 12.9. The minimum Gasteiger partial charge on any atom is -0.342 e. The average molecular weight is 417 g/mol. The Bertz CT molecular complexity index is 814. The topological polar surface area (TPSA) is 51.0 Å². The fourth-order valence-electron chi connectivity index (χ4n) is 4.84. The first-order chi connectivity index (χ1) is 13.8. The average Bonchev–Trinajstić information content (AvgIpc) is 3.28. The number of fused-ring (bicyclic) bond motifs is 1. The number of thiophene rings is 1. The third-order valence-corrected chi connectivity index (χ3v) is 8.33. The van der Waals surface area contributed by atoms with Crippen molar-refractivity contribution in [2.24, 2.45) is 11.8 Å². The quantitative estimate of drug-likeness (QED) is 0.655. The van der Waals surface area contributed by atoms with Gasteiger partial charge < -0.3 is 9.47 Å². The summed E-state index contributed by atoms with van der Waals surface area (Å²) in [5.74, 6) is 3.41. The lowest BCUT2D eigenvalue weighted by Crippen LogP contribution is -2.45. The molecule has 2 saturated carbocycles. The van der Waals surface area contributed by atoms with Crippen molar-refractivity contribution in [2.45, 2.75) is 62.6 Å². The van der Waals surface area contributed by atoms with Crippen LogP contribution >= 0.6 is 23.1 Å². The summed E-state index contributed by atoms with van der Waals surface area (Å²) >= 11 is 3.35. The molecular formula is C21H28N4OS2. The highest BCUT2D eigenvalue weighted by atomic mass is 32.2. The molecule has 1 saturated heterocycles. The molecule has 0 bridgehead atoms. The van der Waals surface area contributed by atoms with Gasteiger partial charge in [-0.1, -0.05) is 37.1 Å². The zero-order chi connectivity index (χ0) is 18.9. The summed E-state index contributed by atoms with van der Waals surface area (Å²) in [5.41, 5.74) is 0. The van der Waals surface area contributed by atoms with Crippen molar-refractivity contribution in [3.05, 3.63) is 28.2 Å². The lowest BCUT2D eigenvalue weighted by Gasteiger charge is -2.41. The Labute approximate surface area is 174 Å². The van der Waals surface area contributed by atoms with E-state index in [2.05, 4.69) is 37.2 Å². The molecule has 2 aromatic heterocycles. The van der Waals surface area contributed by atoms with Crippen LogP contribution in [0.15, 0.2) is 22.7 Å². The summed E-state index contributed by atoms with van der Waals surface area (Å²) in [6, 6.07) is 4.77. The van der Waals surface area contributed by atoms with Crippen LogP contribution < -0.4 is 0 Å². The predicted molar refractivity (Wildman–Crippen MR) is 113 cm³/mol. The van der Waals surface area contributed by atoms with Crippen molar-refractivity contribution in [1.29, 1.82) is 0 Å². The van der Waals surface area contributed by atoms with Gasteiger partial charge in [0.1, 0.15) is 5.82 Å². The maximum Gasteiger partial charge on any atom is 0.233 e. The van der Waals surface area contributed by atoms with E-state index in [9.17, 15) is 4.79 Å². The van der Waals surface area contributed by atoms with Gasteiger partial charge in [0.2, 0.25) is 5.91 Å². The molecule has 3 heterocycles. The van der Waals surface area contributed by atoms with Crippen LogP contribution in [0.3, 0.4) is 0 Å². The Morgan fingerprint density at radius 3 is 2.79 bits per heavy atom. The van der Waals surface area contributed by atoms with Gasteiger partial charge in [-0.05, 0) is 49.0 Å². The number of amides is 1. The second-order valence-corrected chi connectivity index (χ2v) is 10.5. The van der Waals surface area contributed by atoms with Crippen LogP contribution in [0.2, 0.25) is 0 Å². The van der Waals surface area contributed by atoms with Crippen LogP contribution in [0.25, 0.3) is 0 Å². The second kappa shape index (κ2) is 8.19. The molecule has 0 spiro atoms. The van der Waals surface area contributed by atoms with E-state index in [1.807, 2.05) is 0 Å². The largest absolute Gasteiger partial charge is 0.342 e. The van der Waals surface area contributed by atoms with Crippen molar-refractivity contribution >= 4 is 29.0 Å². The summed E-state index contributed by atoms with van der Waals surface area (Å²) in [6.45, 7) is 1.92. The smallest absolute Gasteiger partial charge is 0.233 e. The highest BCUT2D eigenvalue weighted by molar-refractivity contribution is 7.99. The molecule has 3 aliphatic rings. The highest BCUT2D eigenvalue weighted by Gasteiger charge is 2.34. The zero-order valence-corrected chi connectivity index (χ0v) is 17.9. The van der Waals surface area contributed by atoms with Crippen LogP contribution in [-0.4, -0.2) is 44.4 Å². The van der Waals surface area contributed by atoms with E-state index in [0.29, 0.717) is 11.8 Å². The molecule has 1 amide bonds. The first-order valence-electron chi connectivity index (χ1n) is 10.6. The Morgan fingerprint density at radius 2 is 2.00 bits per heavy atom. The van der Waals surface area contributed by atoms with E-state index >= 15 is 0 Å². The standard InChI is InChI=1S/C21H28N4OS2/c26-20(24-10-9-15-4-1-2-5-16(15)13-24)14-28-21-23-22-19(25(21)17-7-8-17)12-18-6-3-11-27-18/h3,6,11,15-17H,1-2,4-5,7-10,12-14H2/t15-,16-/m0/s1. The molecule has 2 aliphatic carbocycles. The molecule has 0 radical (unpaired) electrons. The summed E-state index contributed by atoms with van der Waals surface area (Å²) in [5, 5.41) is 12.0. The monoisotopic (exact) mass is 416 g/mol. The van der Waals surface area contributed by atoms with Gasteiger partial charge in [0.15, 0.2) is 5.16 Å². The predicted octanol–water partition coefficient (Wildman–Crippen LogP) is 4.40. The van der Waals surface area contributed by atoms with Crippen LogP contribution in [0.1, 0.15) is 61.7 Å². The van der Waals surface area contributed by atoms with Crippen molar-refractivity contribution in [3.63, 3.8) is 0 Å². The summed E-state index contributed by atoms with van der Waals surface area (Å²) in [6.07, 6.45) is 9.85. The van der Waals surface area contributed by atoms with Crippen molar-refractivity contribution < 1.29 is 4.79 Å². The molecule has 0 unspecified atom stereocenters. The van der Waals surface area contributed by atoms with E-state index < -0.39 is 0 Å². The zero-order valence-electron chi connectivity index (χ0n) is 16.3. The van der Waals surface area contributed by atoms with Gasteiger partial charge in [0, 0.05) is 30.4 Å². The van der Waals surface area contributed by atoms with Gasteiger partial charge in [-0.15, -0.1) is 21.5 Å². The summed E-state index contributed by atoms with van der Waals surface area (Å²) in [4.78, 5) is 16.3. The number of carbonyl (C=O) groups is 1. The van der Waals surface area contributed by atoms with E-state index in [1.54, 1.807) is 23.1 Å². The summed E-state index contributed by atoms with van der Waals surface area (Å²) in [7, 11) is 0. The number of hydrogen-bond acceptors (Lipinski definition) is 5. The molecule has 2 aromatic rings. The van der Waals surface area contributed by atoms with Crippen molar-refractivity contribution in [3.8, 4) is 0 Å². The van der Waals surface area contributed by atoms with Gasteiger partial charge in [0.25, 0.3) is 0 Å². The Kier molecular flexibility index (Phi) is 5.46. The van der Waals surface area contributed by atoms with E-state index in [4.69, 9.17) is 0 Å². The normalized spacial score (nSPS) is 24.9. The molecule has 3 fully saturated rings. The number of likely N-dealkylation sites (tertiary alicyclic amines) is 1. The Hall–Kier alpha value is -1.34. The number of rotatable bonds is 6. The number of aromatic nitrogens is 3. The SMILES string of the molecule is O=C(CSc1nnc(Cc2cccs2)n1C1CC1)N1CC[C@@H]2CCCC[C@H]2C1. The van der Waals surface area contributed by atoms with E-state index in [0.717, 1.165) is 42.3 Å². The lowest BCUT2D eigenvalue weighted by molar-refractivity contribution is -0.131. The fourth-order valence-corrected chi connectivity index (χ4v) is 6.47. The van der Waals surface area contributed by atoms with Crippen molar-refractivity contribution in [2.75, 3.05) is 18.8 Å². The molecule has 2 atom stereocenters. The molecule has 5 rings (SSSR count). The van der Waals surface area contributed by atoms with E-state index in [1.165, 1.54) is 49.8 Å². The number of thioether (sulfide) groups is 1. The molecule has 150 valence electrons. The molecule has 7 heteroatoms. The first kappa shape index (κ1) is 18.7. The molecule has 0 N–H and O–H groups in total.